The van der Waals surface area contributed by atoms with E-state index in [1.807, 2.05) is 7.05 Å². The second-order valence-corrected chi connectivity index (χ2v) is 6.29. The number of thiazole rings is 1. The van der Waals surface area contributed by atoms with Crippen LogP contribution in [-0.4, -0.2) is 29.1 Å². The number of nitrogens with zero attached hydrogens (tertiary/aromatic N) is 2. The van der Waals surface area contributed by atoms with E-state index in [2.05, 4.69) is 16.8 Å². The minimum Gasteiger partial charge on any atom is -0.477 e. The van der Waals surface area contributed by atoms with Crippen LogP contribution in [0.3, 0.4) is 0 Å². The molecule has 0 amide bonds. The normalized spacial score (nSPS) is 23.9. The fourth-order valence-electron chi connectivity index (χ4n) is 2.48. The van der Waals surface area contributed by atoms with Crippen molar-refractivity contribution in [2.45, 2.75) is 38.6 Å². The Labute approximate surface area is 116 Å². The lowest BCUT2D eigenvalue weighted by Gasteiger charge is -2.33. The smallest absolute Gasteiger partial charge is 0.349 e. The lowest BCUT2D eigenvalue weighted by atomic mass is 9.86. The van der Waals surface area contributed by atoms with Crippen LogP contribution in [0.1, 0.15) is 42.3 Å². The van der Waals surface area contributed by atoms with Crippen LogP contribution in [0.5, 0.6) is 0 Å². The summed E-state index contributed by atoms with van der Waals surface area (Å²) < 4.78 is 0. The minimum atomic E-state index is -1.01. The molecule has 0 aromatic carbocycles. The summed E-state index contributed by atoms with van der Waals surface area (Å²) in [6.45, 7) is 2.26. The Morgan fingerprint density at radius 1 is 1.56 bits per heavy atom. The quantitative estimate of drug-likeness (QED) is 0.925. The van der Waals surface area contributed by atoms with Gasteiger partial charge in [-0.2, -0.15) is 0 Å². The van der Waals surface area contributed by atoms with Gasteiger partial charge in [0.2, 0.25) is 0 Å². The number of carbonyl (C=O) groups is 1. The first-order valence-corrected chi connectivity index (χ1v) is 7.31. The van der Waals surface area contributed by atoms with Crippen molar-refractivity contribution in [2.75, 3.05) is 11.9 Å². The number of carboxylic acids is 1. The standard InChI is InChI=1S/C12H17ClN2O2S/c1-7-4-3-5-8(6-7)15(2)12-14-10(13)9(18-12)11(16)17/h7-8H,3-6H2,1-2H3,(H,16,17). The molecule has 0 radical (unpaired) electrons. The largest absolute Gasteiger partial charge is 0.477 e. The Hall–Kier alpha value is -0.810. The third-order valence-corrected chi connectivity index (χ3v) is 5.05. The van der Waals surface area contributed by atoms with Crippen LogP contribution < -0.4 is 4.90 Å². The predicted octanol–water partition coefficient (Wildman–Crippen LogP) is 3.51. The second-order valence-electron chi connectivity index (χ2n) is 4.96. The summed E-state index contributed by atoms with van der Waals surface area (Å²) in [6.07, 6.45) is 4.78. The molecule has 1 aromatic heterocycles. The predicted molar refractivity (Wildman–Crippen MR) is 73.9 cm³/mol. The Balaban J connectivity index is 2.15. The Morgan fingerprint density at radius 3 is 2.83 bits per heavy atom. The molecule has 1 saturated carbocycles. The molecule has 100 valence electrons. The van der Waals surface area contributed by atoms with Crippen LogP contribution in [-0.2, 0) is 0 Å². The summed E-state index contributed by atoms with van der Waals surface area (Å²) in [7, 11) is 1.98. The highest BCUT2D eigenvalue weighted by Gasteiger charge is 2.26. The number of rotatable bonds is 3. The summed E-state index contributed by atoms with van der Waals surface area (Å²) in [5, 5.41) is 9.78. The average Bonchev–Trinajstić information content (AvgIpc) is 2.70. The highest BCUT2D eigenvalue weighted by atomic mass is 35.5. The number of aromatic carboxylic acids is 1. The number of hydrogen-bond acceptors (Lipinski definition) is 4. The van der Waals surface area contributed by atoms with Gasteiger partial charge in [-0.3, -0.25) is 0 Å². The molecule has 1 aliphatic carbocycles. The van der Waals surface area contributed by atoms with Crippen LogP contribution >= 0.6 is 22.9 Å². The van der Waals surface area contributed by atoms with E-state index in [1.165, 1.54) is 12.8 Å². The maximum atomic E-state index is 11.0. The Bertz CT molecular complexity index is 449. The first-order chi connectivity index (χ1) is 8.49. The summed E-state index contributed by atoms with van der Waals surface area (Å²) in [5.41, 5.74) is 0. The highest BCUT2D eigenvalue weighted by Crippen LogP contribution is 2.34. The average molecular weight is 289 g/mol. The number of anilines is 1. The SMILES string of the molecule is CC1CCCC(N(C)c2nc(Cl)c(C(=O)O)s2)C1. The van der Waals surface area contributed by atoms with Gasteiger partial charge >= 0.3 is 5.97 Å². The van der Waals surface area contributed by atoms with E-state index in [9.17, 15) is 4.79 Å². The monoisotopic (exact) mass is 288 g/mol. The van der Waals surface area contributed by atoms with Crippen molar-refractivity contribution in [3.8, 4) is 0 Å². The molecule has 6 heteroatoms. The number of hydrogen-bond donors (Lipinski definition) is 1. The molecular formula is C12H17ClN2O2S. The lowest BCUT2D eigenvalue weighted by Crippen LogP contribution is -2.35. The number of halogens is 1. The molecule has 4 nitrogen and oxygen atoms in total. The molecule has 1 heterocycles. The highest BCUT2D eigenvalue weighted by molar-refractivity contribution is 7.18. The molecule has 0 bridgehead atoms. The maximum absolute atomic E-state index is 11.0. The molecular weight excluding hydrogens is 272 g/mol. The van der Waals surface area contributed by atoms with Gasteiger partial charge in [0.05, 0.1) is 0 Å². The van der Waals surface area contributed by atoms with Crippen molar-refractivity contribution in [1.82, 2.24) is 4.98 Å². The first-order valence-electron chi connectivity index (χ1n) is 6.11. The summed E-state index contributed by atoms with van der Waals surface area (Å²) in [6, 6.07) is 0.442. The van der Waals surface area contributed by atoms with Gasteiger partial charge in [0, 0.05) is 13.1 Å². The van der Waals surface area contributed by atoms with Crippen LogP contribution in [0.4, 0.5) is 5.13 Å². The molecule has 2 atom stereocenters. The molecule has 0 aliphatic heterocycles. The Kier molecular flexibility index (Phi) is 4.12. The minimum absolute atomic E-state index is 0.0956. The van der Waals surface area contributed by atoms with Crippen molar-refractivity contribution in [3.63, 3.8) is 0 Å². The van der Waals surface area contributed by atoms with Crippen LogP contribution in [0.2, 0.25) is 5.15 Å². The van der Waals surface area contributed by atoms with E-state index >= 15 is 0 Å². The number of aromatic nitrogens is 1. The van der Waals surface area contributed by atoms with E-state index in [0.717, 1.165) is 30.1 Å². The van der Waals surface area contributed by atoms with Crippen molar-refractivity contribution in [2.24, 2.45) is 5.92 Å². The van der Waals surface area contributed by atoms with Gasteiger partial charge < -0.3 is 10.0 Å². The van der Waals surface area contributed by atoms with Gasteiger partial charge in [0.25, 0.3) is 0 Å². The van der Waals surface area contributed by atoms with Gasteiger partial charge in [0.15, 0.2) is 15.2 Å². The van der Waals surface area contributed by atoms with Crippen LogP contribution in [0, 0.1) is 5.92 Å². The molecule has 0 spiro atoms. The first kappa shape index (κ1) is 13.6. The van der Waals surface area contributed by atoms with Crippen molar-refractivity contribution >= 4 is 34.0 Å². The van der Waals surface area contributed by atoms with E-state index in [-0.39, 0.29) is 10.0 Å². The molecule has 1 aliphatic rings. The van der Waals surface area contributed by atoms with E-state index in [1.54, 1.807) is 0 Å². The third kappa shape index (κ3) is 2.78. The Morgan fingerprint density at radius 2 is 2.28 bits per heavy atom. The topological polar surface area (TPSA) is 53.4 Å². The second kappa shape index (κ2) is 5.45. The number of carboxylic acid groups (broad SMARTS) is 1. The third-order valence-electron chi connectivity index (χ3n) is 3.53. The fraction of sp³-hybridized carbons (Fsp3) is 0.667. The zero-order chi connectivity index (χ0) is 13.3. The molecule has 2 unspecified atom stereocenters. The van der Waals surface area contributed by atoms with Gasteiger partial charge in [0.1, 0.15) is 0 Å². The zero-order valence-electron chi connectivity index (χ0n) is 10.5. The zero-order valence-corrected chi connectivity index (χ0v) is 12.1. The van der Waals surface area contributed by atoms with Crippen LogP contribution in [0.15, 0.2) is 0 Å². The van der Waals surface area contributed by atoms with Crippen molar-refractivity contribution in [1.29, 1.82) is 0 Å². The van der Waals surface area contributed by atoms with E-state index < -0.39 is 5.97 Å². The van der Waals surface area contributed by atoms with Gasteiger partial charge in [-0.05, 0) is 18.8 Å². The van der Waals surface area contributed by atoms with Gasteiger partial charge in [-0.25, -0.2) is 9.78 Å². The maximum Gasteiger partial charge on any atom is 0.349 e. The van der Waals surface area contributed by atoms with Gasteiger partial charge in [-0.15, -0.1) is 0 Å². The molecule has 18 heavy (non-hydrogen) atoms. The van der Waals surface area contributed by atoms with Crippen molar-refractivity contribution < 1.29 is 9.90 Å². The molecule has 1 fully saturated rings. The summed E-state index contributed by atoms with van der Waals surface area (Å²) >= 11 is 7.00. The van der Waals surface area contributed by atoms with E-state index in [0.29, 0.717) is 11.2 Å². The van der Waals surface area contributed by atoms with Gasteiger partial charge in [-0.1, -0.05) is 42.7 Å². The lowest BCUT2D eigenvalue weighted by molar-refractivity contribution is 0.0702. The summed E-state index contributed by atoms with van der Waals surface area (Å²) in [4.78, 5) is 17.3. The molecule has 1 aromatic rings. The molecule has 1 N–H and O–H groups in total. The van der Waals surface area contributed by atoms with E-state index in [4.69, 9.17) is 16.7 Å². The molecule has 0 saturated heterocycles. The van der Waals surface area contributed by atoms with Crippen LogP contribution in [0.25, 0.3) is 0 Å². The fourth-order valence-corrected chi connectivity index (χ4v) is 3.64. The van der Waals surface area contributed by atoms with Crippen molar-refractivity contribution in [3.05, 3.63) is 10.0 Å². The summed E-state index contributed by atoms with van der Waals surface area (Å²) in [5.74, 6) is -0.283. The molecule has 2 rings (SSSR count).